The summed E-state index contributed by atoms with van der Waals surface area (Å²) in [6.07, 6.45) is 0.675. The first kappa shape index (κ1) is 9.34. The molecule has 0 saturated carbocycles. The summed E-state index contributed by atoms with van der Waals surface area (Å²) in [5.74, 6) is 0.0508. The number of thiocarbonyl (C=S) groups is 1. The van der Waals surface area contributed by atoms with Crippen LogP contribution in [0.25, 0.3) is 0 Å². The van der Waals surface area contributed by atoms with E-state index in [2.05, 4.69) is 0 Å². The molecule has 1 atom stereocenters. The van der Waals surface area contributed by atoms with Gasteiger partial charge in [-0.2, -0.15) is 0 Å². The number of hydrogen-bond acceptors (Lipinski definition) is 2. The fourth-order valence-electron chi connectivity index (χ4n) is 1.70. The average molecular weight is 205 g/mol. The quantitative estimate of drug-likeness (QED) is 0.653. The second kappa shape index (κ2) is 3.50. The van der Waals surface area contributed by atoms with E-state index in [0.717, 1.165) is 10.6 Å². The van der Waals surface area contributed by atoms with E-state index < -0.39 is 0 Å². The zero-order chi connectivity index (χ0) is 10.1. The van der Waals surface area contributed by atoms with Gasteiger partial charge in [0.25, 0.3) is 0 Å². The molecule has 0 aliphatic carbocycles. The maximum Gasteiger partial charge on any atom is 0.235 e. The van der Waals surface area contributed by atoms with Gasteiger partial charge < -0.3 is 4.90 Å². The Balaban J connectivity index is 2.30. The summed E-state index contributed by atoms with van der Waals surface area (Å²) in [5.41, 5.74) is 1.06. The second-order valence-corrected chi connectivity index (χ2v) is 3.93. The molecular weight excluding hydrogens is 194 g/mol. The highest BCUT2D eigenvalue weighted by Crippen LogP contribution is 2.28. The third-order valence-electron chi connectivity index (χ3n) is 2.58. The lowest BCUT2D eigenvalue weighted by Gasteiger charge is -2.09. The van der Waals surface area contributed by atoms with E-state index in [1.54, 1.807) is 11.9 Å². The van der Waals surface area contributed by atoms with Crippen LogP contribution in [0.4, 0.5) is 0 Å². The third kappa shape index (κ3) is 1.44. The summed E-state index contributed by atoms with van der Waals surface area (Å²) in [7, 11) is 1.74. The Bertz CT molecular complexity index is 374. The first-order chi connectivity index (χ1) is 6.70. The largest absolute Gasteiger partial charge is 0.309 e. The molecule has 1 aliphatic rings. The number of hydrogen-bond donors (Lipinski definition) is 0. The Morgan fingerprint density at radius 1 is 1.36 bits per heavy atom. The van der Waals surface area contributed by atoms with Crippen molar-refractivity contribution < 1.29 is 4.79 Å². The van der Waals surface area contributed by atoms with Crippen molar-refractivity contribution in [2.24, 2.45) is 0 Å². The molecule has 1 fully saturated rings. The van der Waals surface area contributed by atoms with Crippen molar-refractivity contribution in [2.45, 2.75) is 12.3 Å². The van der Waals surface area contributed by atoms with Crippen molar-refractivity contribution in [1.82, 2.24) is 4.90 Å². The molecule has 2 rings (SSSR count). The molecule has 1 heterocycles. The molecule has 1 aliphatic heterocycles. The minimum absolute atomic E-state index is 0.0614. The maximum atomic E-state index is 11.8. The molecule has 2 nitrogen and oxygen atoms in total. The van der Waals surface area contributed by atoms with Gasteiger partial charge in [0.2, 0.25) is 5.91 Å². The molecule has 0 bridgehead atoms. The van der Waals surface area contributed by atoms with E-state index in [9.17, 15) is 4.79 Å². The van der Waals surface area contributed by atoms with Crippen LogP contribution in [0.2, 0.25) is 0 Å². The zero-order valence-electron chi connectivity index (χ0n) is 7.93. The van der Waals surface area contributed by atoms with Crippen LogP contribution in [0.1, 0.15) is 17.9 Å². The van der Waals surface area contributed by atoms with E-state index in [0.29, 0.717) is 6.42 Å². The highest BCUT2D eigenvalue weighted by molar-refractivity contribution is 7.80. The fourth-order valence-corrected chi connectivity index (χ4v) is 1.96. The van der Waals surface area contributed by atoms with E-state index in [4.69, 9.17) is 12.2 Å². The Labute approximate surface area is 88.5 Å². The second-order valence-electron chi connectivity index (χ2n) is 3.46. The SMILES string of the molecule is CN1C(=O)C(c2ccccc2)CC1=S. The van der Waals surface area contributed by atoms with Crippen LogP contribution in [-0.4, -0.2) is 22.8 Å². The van der Waals surface area contributed by atoms with Crippen LogP contribution < -0.4 is 0 Å². The van der Waals surface area contributed by atoms with Gasteiger partial charge in [0.1, 0.15) is 0 Å². The highest BCUT2D eigenvalue weighted by Gasteiger charge is 2.34. The normalized spacial score (nSPS) is 21.8. The number of nitrogens with zero attached hydrogens (tertiary/aromatic N) is 1. The number of rotatable bonds is 1. The molecule has 1 aromatic rings. The summed E-state index contributed by atoms with van der Waals surface area (Å²) in [6.45, 7) is 0. The number of likely N-dealkylation sites (N-methyl/N-ethyl adjacent to an activating group) is 1. The van der Waals surface area contributed by atoms with Crippen molar-refractivity contribution >= 4 is 23.1 Å². The van der Waals surface area contributed by atoms with Crippen LogP contribution in [0.5, 0.6) is 0 Å². The molecule has 1 amide bonds. The average Bonchev–Trinajstić information content (AvgIpc) is 2.47. The molecule has 72 valence electrons. The van der Waals surface area contributed by atoms with Crippen molar-refractivity contribution in [1.29, 1.82) is 0 Å². The third-order valence-corrected chi connectivity index (χ3v) is 3.02. The number of benzene rings is 1. The predicted molar refractivity (Wildman–Crippen MR) is 59.2 cm³/mol. The first-order valence-corrected chi connectivity index (χ1v) is 4.96. The summed E-state index contributed by atoms with van der Waals surface area (Å²) >= 11 is 5.10. The van der Waals surface area contributed by atoms with Gasteiger partial charge in [-0.1, -0.05) is 42.5 Å². The maximum absolute atomic E-state index is 11.8. The minimum Gasteiger partial charge on any atom is -0.309 e. The Kier molecular flexibility index (Phi) is 2.33. The molecule has 14 heavy (non-hydrogen) atoms. The first-order valence-electron chi connectivity index (χ1n) is 4.55. The number of likely N-dealkylation sites (tertiary alicyclic amines) is 1. The molecule has 0 radical (unpaired) electrons. The molecule has 0 spiro atoms. The summed E-state index contributed by atoms with van der Waals surface area (Å²) in [6, 6.07) is 9.80. The standard InChI is InChI=1S/C11H11NOS/c1-12-10(14)7-9(11(12)13)8-5-3-2-4-6-8/h2-6,9H,7H2,1H3. The molecule has 0 N–H and O–H groups in total. The van der Waals surface area contributed by atoms with Crippen LogP contribution >= 0.6 is 12.2 Å². The lowest BCUT2D eigenvalue weighted by Crippen LogP contribution is -2.24. The van der Waals surface area contributed by atoms with Gasteiger partial charge in [-0.25, -0.2) is 0 Å². The Hall–Kier alpha value is -1.22. The summed E-state index contributed by atoms with van der Waals surface area (Å²) in [4.78, 5) is 14.1. The predicted octanol–water partition coefficient (Wildman–Crippen LogP) is 1.96. The molecule has 1 aromatic carbocycles. The van der Waals surface area contributed by atoms with Crippen LogP contribution in [-0.2, 0) is 4.79 Å². The monoisotopic (exact) mass is 205 g/mol. The summed E-state index contributed by atoms with van der Waals surface area (Å²) < 4.78 is 0. The van der Waals surface area contributed by atoms with Crippen molar-refractivity contribution in [2.75, 3.05) is 7.05 Å². The topological polar surface area (TPSA) is 20.3 Å². The van der Waals surface area contributed by atoms with Crippen molar-refractivity contribution in [3.05, 3.63) is 35.9 Å². The van der Waals surface area contributed by atoms with E-state index >= 15 is 0 Å². The lowest BCUT2D eigenvalue weighted by molar-refractivity contribution is -0.126. The smallest absolute Gasteiger partial charge is 0.235 e. The van der Waals surface area contributed by atoms with E-state index in [-0.39, 0.29) is 11.8 Å². The van der Waals surface area contributed by atoms with Crippen molar-refractivity contribution in [3.63, 3.8) is 0 Å². The van der Waals surface area contributed by atoms with Gasteiger partial charge in [-0.3, -0.25) is 4.79 Å². The molecule has 1 unspecified atom stereocenters. The number of carbonyl (C=O) groups excluding carboxylic acids is 1. The fraction of sp³-hybridized carbons (Fsp3) is 0.273. The van der Waals surface area contributed by atoms with E-state index in [1.165, 1.54) is 0 Å². The van der Waals surface area contributed by atoms with Gasteiger partial charge in [-0.05, 0) is 5.56 Å². The summed E-state index contributed by atoms with van der Waals surface area (Å²) in [5, 5.41) is 0. The molecule has 3 heteroatoms. The molecule has 0 aromatic heterocycles. The van der Waals surface area contributed by atoms with Crippen LogP contribution in [0, 0.1) is 0 Å². The minimum atomic E-state index is -0.0614. The van der Waals surface area contributed by atoms with Gasteiger partial charge in [0.05, 0.1) is 10.9 Å². The van der Waals surface area contributed by atoms with Gasteiger partial charge in [-0.15, -0.1) is 0 Å². The van der Waals surface area contributed by atoms with Gasteiger partial charge in [0, 0.05) is 13.5 Å². The molecule has 1 saturated heterocycles. The Morgan fingerprint density at radius 3 is 2.50 bits per heavy atom. The van der Waals surface area contributed by atoms with Crippen LogP contribution in [0.3, 0.4) is 0 Å². The Morgan fingerprint density at radius 2 is 2.00 bits per heavy atom. The lowest BCUT2D eigenvalue weighted by atomic mass is 9.98. The van der Waals surface area contributed by atoms with Crippen LogP contribution in [0.15, 0.2) is 30.3 Å². The van der Waals surface area contributed by atoms with Crippen molar-refractivity contribution in [3.8, 4) is 0 Å². The van der Waals surface area contributed by atoms with Gasteiger partial charge in [0.15, 0.2) is 0 Å². The number of amides is 1. The zero-order valence-corrected chi connectivity index (χ0v) is 8.75. The van der Waals surface area contributed by atoms with E-state index in [1.807, 2.05) is 30.3 Å². The van der Waals surface area contributed by atoms with Gasteiger partial charge >= 0.3 is 0 Å². The molecular formula is C11H11NOS. The highest BCUT2D eigenvalue weighted by atomic mass is 32.1. The number of carbonyl (C=O) groups is 1.